The Labute approximate surface area is 90.7 Å². The SMILES string of the molecule is CCOC(=O)C#Cc1ccc(O)c(F)c1F. The predicted molar refractivity (Wildman–Crippen MR) is 51.5 cm³/mol. The number of hydrogen-bond acceptors (Lipinski definition) is 3. The van der Waals surface area contributed by atoms with Gasteiger partial charge in [0.15, 0.2) is 11.6 Å². The largest absolute Gasteiger partial charge is 0.505 e. The van der Waals surface area contributed by atoms with E-state index in [9.17, 15) is 13.6 Å². The zero-order valence-corrected chi connectivity index (χ0v) is 8.38. The van der Waals surface area contributed by atoms with Crippen LogP contribution in [0.15, 0.2) is 12.1 Å². The lowest BCUT2D eigenvalue weighted by molar-refractivity contribution is -0.136. The molecular formula is C11H8F2O3. The summed E-state index contributed by atoms with van der Waals surface area (Å²) in [7, 11) is 0. The minimum atomic E-state index is -1.39. The van der Waals surface area contributed by atoms with Gasteiger partial charge in [-0.2, -0.15) is 4.39 Å². The highest BCUT2D eigenvalue weighted by Crippen LogP contribution is 2.20. The van der Waals surface area contributed by atoms with Crippen molar-refractivity contribution in [2.75, 3.05) is 6.61 Å². The molecule has 0 fully saturated rings. The molecule has 1 rings (SSSR count). The first-order valence-electron chi connectivity index (χ1n) is 4.42. The van der Waals surface area contributed by atoms with Crippen LogP contribution in [-0.2, 0) is 9.53 Å². The Bertz CT molecular complexity index is 472. The van der Waals surface area contributed by atoms with Crippen molar-refractivity contribution in [3.63, 3.8) is 0 Å². The number of esters is 1. The summed E-state index contributed by atoms with van der Waals surface area (Å²) >= 11 is 0. The maximum absolute atomic E-state index is 13.1. The molecule has 0 atom stereocenters. The standard InChI is InChI=1S/C11H8F2O3/c1-2-16-9(15)6-4-7-3-5-8(14)11(13)10(7)12/h3,5,14H,2H2,1H3. The van der Waals surface area contributed by atoms with Gasteiger partial charge in [-0.25, -0.2) is 9.18 Å². The van der Waals surface area contributed by atoms with Gasteiger partial charge in [-0.1, -0.05) is 5.92 Å². The minimum absolute atomic E-state index is 0.153. The van der Waals surface area contributed by atoms with Crippen LogP contribution >= 0.6 is 0 Å². The average Bonchev–Trinajstić information content (AvgIpc) is 2.25. The zero-order chi connectivity index (χ0) is 12.1. The second-order valence-electron chi connectivity index (χ2n) is 2.73. The number of halogens is 2. The molecular weight excluding hydrogens is 218 g/mol. The molecule has 0 radical (unpaired) electrons. The van der Waals surface area contributed by atoms with E-state index in [0.29, 0.717) is 0 Å². The van der Waals surface area contributed by atoms with Crippen LogP contribution in [0.3, 0.4) is 0 Å². The molecule has 5 heteroatoms. The summed E-state index contributed by atoms with van der Waals surface area (Å²) < 4.78 is 30.4. The van der Waals surface area contributed by atoms with Gasteiger partial charge >= 0.3 is 5.97 Å². The van der Waals surface area contributed by atoms with Gasteiger partial charge in [0.2, 0.25) is 5.82 Å². The van der Waals surface area contributed by atoms with Crippen LogP contribution in [0.2, 0.25) is 0 Å². The average molecular weight is 226 g/mol. The fourth-order valence-corrected chi connectivity index (χ4v) is 0.921. The lowest BCUT2D eigenvalue weighted by Crippen LogP contribution is -2.00. The van der Waals surface area contributed by atoms with Gasteiger partial charge in [-0.3, -0.25) is 0 Å². The van der Waals surface area contributed by atoms with Crippen molar-refractivity contribution in [1.82, 2.24) is 0 Å². The smallest absolute Gasteiger partial charge is 0.384 e. The lowest BCUT2D eigenvalue weighted by Gasteiger charge is -1.98. The van der Waals surface area contributed by atoms with E-state index in [1.165, 1.54) is 0 Å². The highest BCUT2D eigenvalue weighted by atomic mass is 19.2. The molecule has 0 heterocycles. The fraction of sp³-hybridized carbons (Fsp3) is 0.182. The topological polar surface area (TPSA) is 46.5 Å². The highest BCUT2D eigenvalue weighted by molar-refractivity contribution is 5.89. The Kier molecular flexibility index (Phi) is 3.84. The molecule has 1 aromatic rings. The summed E-state index contributed by atoms with van der Waals surface area (Å²) in [6, 6.07) is 2.02. The molecule has 3 nitrogen and oxygen atoms in total. The maximum atomic E-state index is 13.1. The fourth-order valence-electron chi connectivity index (χ4n) is 0.921. The number of ether oxygens (including phenoxy) is 1. The molecule has 0 bridgehead atoms. The normalized spacial score (nSPS) is 9.19. The third-order valence-electron chi connectivity index (χ3n) is 1.64. The first-order valence-corrected chi connectivity index (χ1v) is 4.42. The van der Waals surface area contributed by atoms with Crippen molar-refractivity contribution in [2.45, 2.75) is 6.92 Å². The van der Waals surface area contributed by atoms with Crippen molar-refractivity contribution in [3.8, 4) is 17.6 Å². The predicted octanol–water partition coefficient (Wildman–Crippen LogP) is 1.58. The molecule has 1 aromatic carbocycles. The number of benzene rings is 1. The lowest BCUT2D eigenvalue weighted by atomic mass is 10.2. The molecule has 84 valence electrons. The number of aromatic hydroxyl groups is 1. The highest BCUT2D eigenvalue weighted by Gasteiger charge is 2.11. The maximum Gasteiger partial charge on any atom is 0.384 e. The minimum Gasteiger partial charge on any atom is -0.505 e. The van der Waals surface area contributed by atoms with Crippen LogP contribution in [-0.4, -0.2) is 17.7 Å². The van der Waals surface area contributed by atoms with Crippen molar-refractivity contribution in [3.05, 3.63) is 29.3 Å². The Morgan fingerprint density at radius 1 is 1.44 bits per heavy atom. The zero-order valence-electron chi connectivity index (χ0n) is 8.38. The van der Waals surface area contributed by atoms with Crippen LogP contribution in [0.5, 0.6) is 5.75 Å². The van der Waals surface area contributed by atoms with Gasteiger partial charge in [0.25, 0.3) is 0 Å². The van der Waals surface area contributed by atoms with Gasteiger partial charge in [0.05, 0.1) is 12.2 Å². The van der Waals surface area contributed by atoms with Crippen LogP contribution in [0.1, 0.15) is 12.5 Å². The number of hydrogen-bond donors (Lipinski definition) is 1. The number of phenolic OH excluding ortho intramolecular Hbond substituents is 1. The summed E-state index contributed by atoms with van der Waals surface area (Å²) in [4.78, 5) is 10.8. The Balaban J connectivity index is 2.98. The first kappa shape index (κ1) is 12.0. The van der Waals surface area contributed by atoms with E-state index in [-0.39, 0.29) is 12.2 Å². The summed E-state index contributed by atoms with van der Waals surface area (Å²) in [5.74, 6) is -0.215. The Morgan fingerprint density at radius 2 is 2.12 bits per heavy atom. The summed E-state index contributed by atoms with van der Waals surface area (Å²) in [5.41, 5.74) is -0.316. The Morgan fingerprint density at radius 3 is 2.75 bits per heavy atom. The second-order valence-corrected chi connectivity index (χ2v) is 2.73. The second kappa shape index (κ2) is 5.12. The van der Waals surface area contributed by atoms with Crippen LogP contribution in [0, 0.1) is 23.5 Å². The number of carbonyl (C=O) groups excluding carboxylic acids is 1. The Hall–Kier alpha value is -2.09. The van der Waals surface area contributed by atoms with E-state index < -0.39 is 23.4 Å². The molecule has 0 spiro atoms. The van der Waals surface area contributed by atoms with Gasteiger partial charge in [0.1, 0.15) is 0 Å². The van der Waals surface area contributed by atoms with Crippen molar-refractivity contribution < 1.29 is 23.4 Å². The van der Waals surface area contributed by atoms with Crippen molar-refractivity contribution in [2.24, 2.45) is 0 Å². The van der Waals surface area contributed by atoms with Crippen molar-refractivity contribution in [1.29, 1.82) is 0 Å². The van der Waals surface area contributed by atoms with Crippen LogP contribution in [0.4, 0.5) is 8.78 Å². The van der Waals surface area contributed by atoms with E-state index in [2.05, 4.69) is 10.7 Å². The molecule has 0 aliphatic rings. The van der Waals surface area contributed by atoms with Gasteiger partial charge in [-0.05, 0) is 19.1 Å². The van der Waals surface area contributed by atoms with E-state index >= 15 is 0 Å². The molecule has 0 unspecified atom stereocenters. The van der Waals surface area contributed by atoms with E-state index in [0.717, 1.165) is 12.1 Å². The third-order valence-corrected chi connectivity index (χ3v) is 1.64. The van der Waals surface area contributed by atoms with Gasteiger partial charge in [0, 0.05) is 5.92 Å². The molecule has 0 saturated carbocycles. The van der Waals surface area contributed by atoms with Gasteiger partial charge < -0.3 is 9.84 Å². The molecule has 1 N–H and O–H groups in total. The summed E-state index contributed by atoms with van der Waals surface area (Å²) in [5, 5.41) is 8.83. The molecule has 0 amide bonds. The van der Waals surface area contributed by atoms with Gasteiger partial charge in [-0.15, -0.1) is 0 Å². The molecule has 0 aliphatic carbocycles. The molecule has 16 heavy (non-hydrogen) atoms. The number of phenols is 1. The quantitative estimate of drug-likeness (QED) is 0.584. The summed E-state index contributed by atoms with van der Waals surface area (Å²) in [6.07, 6.45) is 0. The molecule has 0 saturated heterocycles. The number of rotatable bonds is 1. The van der Waals surface area contributed by atoms with Crippen LogP contribution < -0.4 is 0 Å². The first-order chi connectivity index (χ1) is 7.56. The van der Waals surface area contributed by atoms with Crippen molar-refractivity contribution >= 4 is 5.97 Å². The van der Waals surface area contributed by atoms with E-state index in [1.807, 2.05) is 5.92 Å². The van der Waals surface area contributed by atoms with Crippen LogP contribution in [0.25, 0.3) is 0 Å². The van der Waals surface area contributed by atoms with E-state index in [1.54, 1.807) is 6.92 Å². The summed E-state index contributed by atoms with van der Waals surface area (Å²) in [6.45, 7) is 1.75. The third kappa shape index (κ3) is 2.70. The molecule has 0 aromatic heterocycles. The molecule has 0 aliphatic heterocycles. The monoisotopic (exact) mass is 226 g/mol. The van der Waals surface area contributed by atoms with E-state index in [4.69, 9.17) is 5.11 Å². The number of carbonyl (C=O) groups is 1.